The summed E-state index contributed by atoms with van der Waals surface area (Å²) >= 11 is 0. The van der Waals surface area contributed by atoms with E-state index < -0.39 is 77.5 Å². The number of piperidine rings is 2. The average Bonchev–Trinajstić information content (AvgIpc) is 1.59. The van der Waals surface area contributed by atoms with Crippen molar-refractivity contribution in [2.75, 3.05) is 172 Å². The molecule has 42 nitrogen and oxygen atoms in total. The first-order valence-electron chi connectivity index (χ1n) is 45.3. The van der Waals surface area contributed by atoms with Gasteiger partial charge in [0.1, 0.15) is 59.7 Å². The van der Waals surface area contributed by atoms with Crippen LogP contribution in [0.4, 0.5) is 70.8 Å². The van der Waals surface area contributed by atoms with Crippen molar-refractivity contribution in [2.45, 2.75) is 108 Å². The smallest absolute Gasteiger partial charge is 0.490 e. The van der Waals surface area contributed by atoms with Crippen LogP contribution in [0.2, 0.25) is 0 Å². The second-order valence-corrected chi connectivity index (χ2v) is 32.4. The first kappa shape index (κ1) is 107. The lowest BCUT2D eigenvalue weighted by Gasteiger charge is -2.27. The summed E-state index contributed by atoms with van der Waals surface area (Å²) in [6.45, 7) is 5.68. The van der Waals surface area contributed by atoms with Crippen molar-refractivity contribution in [3.63, 3.8) is 0 Å². The van der Waals surface area contributed by atoms with Gasteiger partial charge in [0, 0.05) is 92.3 Å². The van der Waals surface area contributed by atoms with Gasteiger partial charge in [-0.05, 0) is 149 Å². The van der Waals surface area contributed by atoms with E-state index in [9.17, 15) is 80.3 Å². The number of hydrogen-bond donors (Lipinski definition) is 7. The highest BCUT2D eigenvalue weighted by molar-refractivity contribution is 6.26. The van der Waals surface area contributed by atoms with Gasteiger partial charge in [-0.2, -0.15) is 23.1 Å². The number of halogens is 3. The molecule has 2 unspecified atom stereocenters. The van der Waals surface area contributed by atoms with Crippen molar-refractivity contribution in [3.8, 4) is 23.0 Å². The van der Waals surface area contributed by atoms with Gasteiger partial charge in [0.15, 0.2) is 29.0 Å². The third-order valence-electron chi connectivity index (χ3n) is 22.7. The topological polar surface area (TPSA) is 534 Å². The average molecular weight is 1970 g/mol. The number of methoxy groups -OCH3 is 2. The number of alkyl halides is 3. The van der Waals surface area contributed by atoms with Crippen LogP contribution in [-0.4, -0.2) is 288 Å². The summed E-state index contributed by atoms with van der Waals surface area (Å²) in [5.74, 6) is -6.73. The number of rotatable bonds is 46. The number of amides is 10. The number of nitrogens with zero attached hydrogens (tertiary/aromatic N) is 10. The number of carboxylic acid groups (broad SMARTS) is 2. The fraction of sp³-hybridized carbons (Fsp3) is 0.392. The molecule has 6 aliphatic rings. The number of carbonyl (C=O) groups is 15. The van der Waals surface area contributed by atoms with E-state index in [0.29, 0.717) is 199 Å². The number of carboxylic acids is 2. The fourth-order valence-electron chi connectivity index (χ4n) is 15.3. The van der Waals surface area contributed by atoms with Crippen LogP contribution in [0.15, 0.2) is 134 Å². The Morgan fingerprint density at radius 3 is 1.18 bits per heavy atom. The largest absolute Gasteiger partial charge is 0.495 e. The van der Waals surface area contributed by atoms with Crippen molar-refractivity contribution < 1.29 is 143 Å². The Labute approximate surface area is 812 Å². The molecule has 0 saturated carbocycles. The van der Waals surface area contributed by atoms with Gasteiger partial charge in [0.05, 0.1) is 141 Å². The second kappa shape index (κ2) is 51.7. The normalized spacial score (nSPS) is 15.1. The molecule has 6 aromatic carbocycles. The fourth-order valence-corrected chi connectivity index (χ4v) is 15.3. The summed E-state index contributed by atoms with van der Waals surface area (Å²) in [5.41, 5.74) is 11.0. The van der Waals surface area contributed by atoms with Crippen molar-refractivity contribution in [3.05, 3.63) is 178 Å². The number of aromatic carboxylic acids is 1. The summed E-state index contributed by atoms with van der Waals surface area (Å²) in [6.07, 6.45) is 3.81. The Kier molecular flexibility index (Phi) is 39.0. The molecule has 0 bridgehead atoms. The van der Waals surface area contributed by atoms with Gasteiger partial charge in [-0.1, -0.05) is 36.4 Å². The molecule has 2 atom stereocenters. The number of aromatic nitrogens is 4. The van der Waals surface area contributed by atoms with E-state index >= 15 is 0 Å². The number of imide groups is 4. The van der Waals surface area contributed by atoms with E-state index in [0.717, 1.165) is 27.6 Å². The van der Waals surface area contributed by atoms with Gasteiger partial charge in [-0.3, -0.25) is 82.8 Å². The van der Waals surface area contributed by atoms with E-state index in [-0.39, 0.29) is 126 Å². The van der Waals surface area contributed by atoms with E-state index in [1.165, 1.54) is 60.4 Å². The van der Waals surface area contributed by atoms with Crippen molar-refractivity contribution in [2.24, 2.45) is 5.73 Å². The van der Waals surface area contributed by atoms with Crippen LogP contribution in [0, 0.1) is 0 Å². The number of nitrogens with two attached hydrogens (primary N) is 1. The molecule has 8 aromatic rings. The summed E-state index contributed by atoms with van der Waals surface area (Å²) in [6, 6.07) is 31.2. The van der Waals surface area contributed by atoms with Gasteiger partial charge in [-0.25, -0.2) is 19.6 Å². The van der Waals surface area contributed by atoms with Crippen LogP contribution < -0.4 is 65.5 Å². The maximum absolute atomic E-state index is 13.2. The Morgan fingerprint density at radius 2 is 0.796 bits per heavy atom. The van der Waals surface area contributed by atoms with Crippen LogP contribution in [0.3, 0.4) is 0 Å². The zero-order chi connectivity index (χ0) is 102. The van der Waals surface area contributed by atoms with Gasteiger partial charge in [0.2, 0.25) is 35.5 Å². The number of aliphatic carboxylic acids is 1. The number of unbranched alkanes of at least 4 members (excludes halogenated alkanes) is 3. The van der Waals surface area contributed by atoms with Crippen LogP contribution >= 0.6 is 0 Å². The number of para-hydroxylation sites is 2. The predicted octanol–water partition coefficient (Wildman–Crippen LogP) is 9.73. The van der Waals surface area contributed by atoms with Crippen molar-refractivity contribution in [1.82, 2.24) is 40.4 Å². The van der Waals surface area contributed by atoms with E-state index in [1.54, 1.807) is 75.0 Å². The number of benzene rings is 6. The molecule has 45 heteroatoms. The van der Waals surface area contributed by atoms with Crippen molar-refractivity contribution in [1.29, 1.82) is 0 Å². The zero-order valence-electron chi connectivity index (χ0n) is 78.6. The standard InChI is InChI=1S/C48H53N7O12.C26H35N3O9.C21H19N5O4.C2HF3O2/c1-53-35-14-5-4-12-32(35)45(60)54(2)37-28-49-48(52-43(37)53)50-34-18-17-30(27-40(34)63-3)38(57)15-7-9-22-65-24-26-66-25-23-64-21-8-6-11-31(56)29-67-39-16-10-13-33-42(39)47(62)55(46(33)61)36-19-20-41(58)51-44(36)59;27-10-4-12-36-14-16-37-15-13-35-11-2-1-5-18(30)17-38-21-7-3-6-19-23(21)26(34)29(25(19)33)20-8-9-22(31)28-24(20)32;1-25-15-7-5-4-6-13(15)19(27)26(2)16-11-22-21(24-18(16)25)23-14-9-8-12(20(28)29)10-17(14)30-3;3-2(4,5)1(6)7/h4-5,10,12-14,16-18,27-28,36H,6-9,11,15,19-26,29H2,1-3H3,(H,49,50,52)(H,51,58,59);3,6-7,20H,1-2,4-5,8-17,27H2,(H,28,31,32);4-11H,1-3H3,(H,28,29)(H,22,23,24);(H,6,7). The number of ketones is 3. The maximum atomic E-state index is 13.2. The first-order valence-corrected chi connectivity index (χ1v) is 45.3. The van der Waals surface area contributed by atoms with Crippen LogP contribution in [0.5, 0.6) is 23.0 Å². The molecule has 10 amide bonds. The first-order chi connectivity index (χ1) is 68.2. The second-order valence-electron chi connectivity index (χ2n) is 32.4. The van der Waals surface area contributed by atoms with Gasteiger partial charge >= 0.3 is 18.1 Å². The number of ether oxygens (including phenoxy) is 10. The molecule has 2 fully saturated rings. The molecule has 2 saturated heterocycles. The molecule has 8 heterocycles. The molecule has 2 aromatic heterocycles. The van der Waals surface area contributed by atoms with E-state index in [1.807, 2.05) is 60.3 Å². The molecule has 0 radical (unpaired) electrons. The van der Waals surface area contributed by atoms with Gasteiger partial charge in [0.25, 0.3) is 35.4 Å². The van der Waals surface area contributed by atoms with Crippen LogP contribution in [-0.2, 0) is 62.0 Å². The Hall–Kier alpha value is -15.2. The van der Waals surface area contributed by atoms with Crippen LogP contribution in [0.1, 0.15) is 173 Å². The minimum atomic E-state index is -5.08. The molecular weight excluding hydrogens is 1860 g/mol. The summed E-state index contributed by atoms with van der Waals surface area (Å²) < 4.78 is 87.0. The molecular formula is C97H108F3N15O27. The highest BCUT2D eigenvalue weighted by atomic mass is 19.4. The maximum Gasteiger partial charge on any atom is 0.490 e. The molecule has 0 aliphatic carbocycles. The highest BCUT2D eigenvalue weighted by Gasteiger charge is 2.48. The molecule has 754 valence electrons. The monoisotopic (exact) mass is 1970 g/mol. The number of carbonyl (C=O) groups excluding carboxylic acids is 13. The lowest BCUT2D eigenvalue weighted by atomic mass is 10.0. The third-order valence-corrected chi connectivity index (χ3v) is 22.7. The van der Waals surface area contributed by atoms with E-state index in [4.69, 9.17) is 73.1 Å². The molecule has 0 spiro atoms. The molecule has 14 rings (SSSR count). The number of nitrogens with one attached hydrogen (secondary N) is 4. The summed E-state index contributed by atoms with van der Waals surface area (Å²) in [7, 11) is 10.0. The quantitative estimate of drug-likeness (QED) is 0.0106. The lowest BCUT2D eigenvalue weighted by Crippen LogP contribution is -2.54. The summed E-state index contributed by atoms with van der Waals surface area (Å²) in [4.78, 5) is 210. The number of Topliss-reactive ketones (excluding diaryl/α,β-unsaturated/α-hetero) is 3. The van der Waals surface area contributed by atoms with E-state index in [2.05, 4.69) is 36.2 Å². The SMILES string of the molecule is COc1cc(C(=O)CCCCOCCOCCOCCCCC(=O)COc2cccc3c2C(=O)N(C2CCC(=O)NC2=O)C3=O)ccc1Nc1ncc2c(n1)N(C)c1ccccc1C(=O)N2C.COc1cc(C(=O)O)ccc1Nc1ncc2c(n1)N(C)c1ccccc1C(=O)N2C.NCCCOCCOCCOCCCCC(=O)COc1cccc2c1C(=O)N(C1CCC(=O)NC1=O)C2=O.O=C(O)C(F)(F)F. The van der Waals surface area contributed by atoms with Crippen LogP contribution in [0.25, 0.3) is 0 Å². The van der Waals surface area contributed by atoms with Crippen molar-refractivity contribution >= 4 is 146 Å². The molecule has 142 heavy (non-hydrogen) atoms. The van der Waals surface area contributed by atoms with Gasteiger partial charge in [-0.15, -0.1) is 0 Å². The zero-order valence-corrected chi connectivity index (χ0v) is 78.6. The minimum absolute atomic E-state index is 0.00152. The summed E-state index contributed by atoms with van der Waals surface area (Å²) in [5, 5.41) is 26.9. The Bertz CT molecular complexity index is 5990. The number of hydrogen-bond acceptors (Lipinski definition) is 34. The molecule has 8 N–H and O–H groups in total. The third kappa shape index (κ3) is 27.9. The predicted molar refractivity (Wildman–Crippen MR) is 503 cm³/mol. The molecule has 6 aliphatic heterocycles. The number of anilines is 10. The minimum Gasteiger partial charge on any atom is -0.495 e. The Morgan fingerprint density at radius 1 is 0.430 bits per heavy atom. The Balaban J connectivity index is 0.000000215. The van der Waals surface area contributed by atoms with Gasteiger partial charge < -0.3 is 93.5 Å². The highest BCUT2D eigenvalue weighted by Crippen LogP contribution is 2.43. The lowest BCUT2D eigenvalue weighted by molar-refractivity contribution is -0.192. The number of fused-ring (bicyclic) bond motifs is 6.